The SMILES string of the molecule is C1=CN2B(C(c3ccc(-c4nc(-c5cccnc5)nc(-c5cccnc5)n4)cc3-c3ccccc3)=C1)c1ccccc1-c1ccccc12. The Balaban J connectivity index is 1.23. The molecule has 0 unspecified atom stereocenters. The highest BCUT2D eigenvalue weighted by Gasteiger charge is 2.38. The number of pyridine rings is 2. The van der Waals surface area contributed by atoms with E-state index in [-0.39, 0.29) is 6.85 Å². The van der Waals surface area contributed by atoms with Crippen molar-refractivity contribution >= 4 is 23.5 Å². The van der Waals surface area contributed by atoms with Crippen molar-refractivity contribution in [1.82, 2.24) is 24.9 Å². The molecule has 0 fully saturated rings. The van der Waals surface area contributed by atoms with Gasteiger partial charge in [0, 0.05) is 52.7 Å². The van der Waals surface area contributed by atoms with Crippen LogP contribution in [0.5, 0.6) is 0 Å². The number of aromatic nitrogens is 5. The second kappa shape index (κ2) is 11.7. The summed E-state index contributed by atoms with van der Waals surface area (Å²) in [5, 5.41) is 0. The van der Waals surface area contributed by atoms with E-state index < -0.39 is 0 Å². The zero-order valence-corrected chi connectivity index (χ0v) is 25.8. The number of fused-ring (bicyclic) bond motifs is 6. The van der Waals surface area contributed by atoms with E-state index in [0.717, 1.165) is 33.4 Å². The standard InChI is InChI=1S/C41H27BN6/c1-2-11-28(12-3-1)35-25-29(39-45-40(30-13-8-22-43-26-30)47-41(46-39)31-14-9-23-44-27-31)20-21-33(35)37-18-10-24-48-38-19-7-5-16-34(38)32-15-4-6-17-36(32)42(37)48/h1-27H. The lowest BCUT2D eigenvalue weighted by Crippen LogP contribution is -2.51. The summed E-state index contributed by atoms with van der Waals surface area (Å²) in [6.07, 6.45) is 13.7. The smallest absolute Gasteiger partial charge is 0.328 e. The van der Waals surface area contributed by atoms with Gasteiger partial charge >= 0.3 is 6.85 Å². The number of hydrogen-bond donors (Lipinski definition) is 0. The number of benzene rings is 4. The van der Waals surface area contributed by atoms with Gasteiger partial charge in [0.05, 0.1) is 0 Å². The number of allylic oxidation sites excluding steroid dienone is 2. The first-order chi connectivity index (χ1) is 23.8. The van der Waals surface area contributed by atoms with Gasteiger partial charge in [0.15, 0.2) is 17.5 Å². The molecule has 5 heterocycles. The van der Waals surface area contributed by atoms with Crippen LogP contribution in [0.1, 0.15) is 5.56 Å². The molecule has 0 amide bonds. The number of para-hydroxylation sites is 1. The molecule has 0 bridgehead atoms. The van der Waals surface area contributed by atoms with E-state index in [1.165, 1.54) is 27.7 Å². The molecule has 0 radical (unpaired) electrons. The van der Waals surface area contributed by atoms with Crippen molar-refractivity contribution in [2.45, 2.75) is 0 Å². The second-order valence-electron chi connectivity index (χ2n) is 11.8. The summed E-state index contributed by atoms with van der Waals surface area (Å²) >= 11 is 0. The summed E-state index contributed by atoms with van der Waals surface area (Å²) in [7, 11) is 0. The zero-order chi connectivity index (χ0) is 31.9. The minimum absolute atomic E-state index is 0.0148. The predicted molar refractivity (Wildman–Crippen MR) is 194 cm³/mol. The van der Waals surface area contributed by atoms with Crippen LogP contribution in [0.2, 0.25) is 0 Å². The Labute approximate surface area is 279 Å². The lowest BCUT2D eigenvalue weighted by atomic mass is 9.43. The Hall–Kier alpha value is -6.47. The Morgan fingerprint density at radius 2 is 1.10 bits per heavy atom. The van der Waals surface area contributed by atoms with Crippen LogP contribution in [-0.4, -0.2) is 31.8 Å². The average Bonchev–Trinajstić information content (AvgIpc) is 3.18. The summed E-state index contributed by atoms with van der Waals surface area (Å²) in [5.41, 5.74) is 12.2. The van der Waals surface area contributed by atoms with Gasteiger partial charge in [-0.15, -0.1) is 0 Å². The van der Waals surface area contributed by atoms with E-state index in [2.05, 4.69) is 130 Å². The largest absolute Gasteiger partial charge is 0.383 e. The van der Waals surface area contributed by atoms with Crippen LogP contribution in [0.3, 0.4) is 0 Å². The van der Waals surface area contributed by atoms with Crippen LogP contribution in [0.25, 0.3) is 61.9 Å². The fourth-order valence-corrected chi connectivity index (χ4v) is 6.79. The first kappa shape index (κ1) is 27.8. The maximum Gasteiger partial charge on any atom is 0.328 e. The van der Waals surface area contributed by atoms with Gasteiger partial charge in [0.1, 0.15) is 0 Å². The molecule has 0 saturated carbocycles. The fraction of sp³-hybridized carbons (Fsp3) is 0. The van der Waals surface area contributed by atoms with E-state index in [1.807, 2.05) is 24.3 Å². The van der Waals surface area contributed by atoms with E-state index in [1.54, 1.807) is 24.8 Å². The first-order valence-electron chi connectivity index (χ1n) is 15.9. The molecule has 9 rings (SSSR count). The lowest BCUT2D eigenvalue weighted by Gasteiger charge is -2.39. The number of anilines is 1. The molecule has 6 nitrogen and oxygen atoms in total. The number of nitrogens with zero attached hydrogens (tertiary/aromatic N) is 6. The molecule has 7 aromatic rings. The highest BCUT2D eigenvalue weighted by atomic mass is 15.1. The monoisotopic (exact) mass is 614 g/mol. The average molecular weight is 615 g/mol. The maximum atomic E-state index is 4.98. The molecular weight excluding hydrogens is 587 g/mol. The molecule has 2 aliphatic heterocycles. The van der Waals surface area contributed by atoms with Gasteiger partial charge in [0.25, 0.3) is 0 Å². The summed E-state index contributed by atoms with van der Waals surface area (Å²) in [6, 6.07) is 42.3. The highest BCUT2D eigenvalue weighted by molar-refractivity contribution is 6.95. The van der Waals surface area contributed by atoms with Gasteiger partial charge in [-0.05, 0) is 81.9 Å². The molecule has 4 aromatic carbocycles. The predicted octanol–water partition coefficient (Wildman–Crippen LogP) is 8.17. The third-order valence-electron chi connectivity index (χ3n) is 8.97. The van der Waals surface area contributed by atoms with Crippen LogP contribution in [0.15, 0.2) is 164 Å². The molecule has 0 N–H and O–H groups in total. The van der Waals surface area contributed by atoms with E-state index >= 15 is 0 Å². The number of hydrogen-bond acceptors (Lipinski definition) is 6. The zero-order valence-electron chi connectivity index (χ0n) is 25.8. The first-order valence-corrected chi connectivity index (χ1v) is 15.9. The van der Waals surface area contributed by atoms with Gasteiger partial charge in [-0.2, -0.15) is 0 Å². The van der Waals surface area contributed by atoms with E-state index in [0.29, 0.717) is 17.5 Å². The van der Waals surface area contributed by atoms with Gasteiger partial charge < -0.3 is 4.81 Å². The summed E-state index contributed by atoms with van der Waals surface area (Å²) in [6.45, 7) is 0.0148. The van der Waals surface area contributed by atoms with Crippen molar-refractivity contribution in [3.05, 3.63) is 170 Å². The van der Waals surface area contributed by atoms with Crippen LogP contribution < -0.4 is 10.3 Å². The van der Waals surface area contributed by atoms with Gasteiger partial charge in [0.2, 0.25) is 0 Å². The van der Waals surface area contributed by atoms with Crippen molar-refractivity contribution in [3.63, 3.8) is 0 Å². The second-order valence-corrected chi connectivity index (χ2v) is 11.8. The van der Waals surface area contributed by atoms with Gasteiger partial charge in [-0.1, -0.05) is 91.0 Å². The normalized spacial score (nSPS) is 13.0. The Morgan fingerprint density at radius 3 is 1.81 bits per heavy atom. The Bertz CT molecular complexity index is 2300. The molecule has 7 heteroatoms. The van der Waals surface area contributed by atoms with Crippen molar-refractivity contribution in [1.29, 1.82) is 0 Å². The van der Waals surface area contributed by atoms with Crippen LogP contribution in [-0.2, 0) is 0 Å². The van der Waals surface area contributed by atoms with Crippen LogP contribution in [0.4, 0.5) is 5.69 Å². The van der Waals surface area contributed by atoms with Crippen molar-refractivity contribution in [2.75, 3.05) is 4.81 Å². The third-order valence-corrected chi connectivity index (χ3v) is 8.97. The van der Waals surface area contributed by atoms with E-state index in [9.17, 15) is 0 Å². The van der Waals surface area contributed by atoms with E-state index in [4.69, 9.17) is 15.0 Å². The quantitative estimate of drug-likeness (QED) is 0.182. The lowest BCUT2D eigenvalue weighted by molar-refractivity contribution is 1.07. The van der Waals surface area contributed by atoms with Gasteiger partial charge in [-0.25, -0.2) is 15.0 Å². The highest BCUT2D eigenvalue weighted by Crippen LogP contribution is 2.42. The molecule has 0 aliphatic carbocycles. The molecule has 0 spiro atoms. The Morgan fingerprint density at radius 1 is 0.479 bits per heavy atom. The van der Waals surface area contributed by atoms with Crippen molar-refractivity contribution in [3.8, 4) is 56.4 Å². The summed E-state index contributed by atoms with van der Waals surface area (Å²) in [4.78, 5) is 25.8. The summed E-state index contributed by atoms with van der Waals surface area (Å²) < 4.78 is 0. The molecule has 0 saturated heterocycles. The molecule has 0 atom stereocenters. The maximum absolute atomic E-state index is 4.98. The van der Waals surface area contributed by atoms with Gasteiger partial charge in [-0.3, -0.25) is 9.97 Å². The van der Waals surface area contributed by atoms with Crippen LogP contribution in [0, 0.1) is 0 Å². The molecule has 3 aromatic heterocycles. The topological polar surface area (TPSA) is 67.7 Å². The summed E-state index contributed by atoms with van der Waals surface area (Å²) in [5.74, 6) is 1.71. The minimum atomic E-state index is 0.0148. The molecular formula is C41H27BN6. The van der Waals surface area contributed by atoms with Crippen LogP contribution >= 0.6 is 0 Å². The molecule has 224 valence electrons. The third kappa shape index (κ3) is 4.80. The number of rotatable bonds is 5. The Kier molecular flexibility index (Phi) is 6.79. The van der Waals surface area contributed by atoms with Crippen molar-refractivity contribution < 1.29 is 0 Å². The minimum Gasteiger partial charge on any atom is -0.383 e. The fourth-order valence-electron chi connectivity index (χ4n) is 6.79. The molecule has 2 aliphatic rings. The van der Waals surface area contributed by atoms with Crippen molar-refractivity contribution in [2.24, 2.45) is 0 Å². The molecule has 48 heavy (non-hydrogen) atoms.